The summed E-state index contributed by atoms with van der Waals surface area (Å²) in [6.07, 6.45) is 1.58. The monoisotopic (exact) mass is 379 g/mol. The van der Waals surface area contributed by atoms with E-state index in [2.05, 4.69) is 10.2 Å². The van der Waals surface area contributed by atoms with E-state index >= 15 is 0 Å². The van der Waals surface area contributed by atoms with Gasteiger partial charge in [0, 0.05) is 17.6 Å². The van der Waals surface area contributed by atoms with E-state index in [1.807, 2.05) is 18.2 Å². The molecule has 140 valence electrons. The van der Waals surface area contributed by atoms with Gasteiger partial charge in [-0.3, -0.25) is 20.0 Å². The molecule has 28 heavy (non-hydrogen) atoms. The third-order valence-corrected chi connectivity index (χ3v) is 4.50. The summed E-state index contributed by atoms with van der Waals surface area (Å²) < 4.78 is 15.2. The molecule has 0 aliphatic heterocycles. The van der Waals surface area contributed by atoms with Crippen molar-refractivity contribution in [2.75, 3.05) is 5.73 Å². The van der Waals surface area contributed by atoms with Gasteiger partial charge in [0.25, 0.3) is 5.56 Å². The number of nitro groups is 1. The van der Waals surface area contributed by atoms with Crippen LogP contribution in [0.5, 0.6) is 0 Å². The zero-order valence-electron chi connectivity index (χ0n) is 14.4. The largest absolute Gasteiger partial charge is 0.382 e. The van der Waals surface area contributed by atoms with Gasteiger partial charge in [-0.15, -0.1) is 0 Å². The number of halogens is 1. The minimum absolute atomic E-state index is 0.112. The maximum absolute atomic E-state index is 13.9. The Hall–Kier alpha value is -4.01. The summed E-state index contributed by atoms with van der Waals surface area (Å²) in [4.78, 5) is 22.7. The minimum atomic E-state index is -0.936. The zero-order valence-corrected chi connectivity index (χ0v) is 14.4. The number of nitrogens with one attached hydrogen (secondary N) is 1. The van der Waals surface area contributed by atoms with Gasteiger partial charge in [0.2, 0.25) is 5.82 Å². The van der Waals surface area contributed by atoms with Crippen molar-refractivity contribution in [2.24, 2.45) is 0 Å². The number of anilines is 1. The van der Waals surface area contributed by atoms with Crippen LogP contribution >= 0.6 is 0 Å². The molecule has 0 bridgehead atoms. The molecule has 9 heteroatoms. The molecular formula is C19H14FN5O3. The Balaban J connectivity index is 1.77. The van der Waals surface area contributed by atoms with Crippen LogP contribution in [0.1, 0.15) is 5.56 Å². The van der Waals surface area contributed by atoms with Gasteiger partial charge >= 0.3 is 5.69 Å². The molecule has 2 aromatic heterocycles. The third kappa shape index (κ3) is 2.98. The Bertz CT molecular complexity index is 1280. The lowest BCUT2D eigenvalue weighted by molar-refractivity contribution is -0.388. The molecule has 4 aromatic rings. The molecule has 2 aromatic carbocycles. The fourth-order valence-corrected chi connectivity index (χ4v) is 3.12. The Labute approximate surface area is 157 Å². The number of nitrogens with zero attached hydrogens (tertiary/aromatic N) is 3. The van der Waals surface area contributed by atoms with Crippen LogP contribution in [0.15, 0.2) is 59.5 Å². The van der Waals surface area contributed by atoms with Crippen molar-refractivity contribution in [2.45, 2.75) is 6.54 Å². The predicted octanol–water partition coefficient (Wildman–Crippen LogP) is 3.07. The third-order valence-electron chi connectivity index (χ3n) is 4.50. The average Bonchev–Trinajstić information content (AvgIpc) is 3.03. The van der Waals surface area contributed by atoms with Crippen LogP contribution in [-0.4, -0.2) is 19.7 Å². The minimum Gasteiger partial charge on any atom is -0.382 e. The highest BCUT2D eigenvalue weighted by molar-refractivity contribution is 5.91. The van der Waals surface area contributed by atoms with E-state index in [-0.39, 0.29) is 17.7 Å². The number of benzene rings is 2. The van der Waals surface area contributed by atoms with Crippen LogP contribution in [0.4, 0.5) is 15.9 Å². The second kappa shape index (κ2) is 6.62. The molecule has 4 rings (SSSR count). The highest BCUT2D eigenvalue weighted by Crippen LogP contribution is 2.26. The van der Waals surface area contributed by atoms with E-state index < -0.39 is 16.4 Å². The second-order valence-electron chi connectivity index (χ2n) is 6.26. The first-order valence-electron chi connectivity index (χ1n) is 8.30. The molecule has 8 nitrogen and oxygen atoms in total. The van der Waals surface area contributed by atoms with Crippen molar-refractivity contribution < 1.29 is 9.31 Å². The number of pyridine rings is 1. The summed E-state index contributed by atoms with van der Waals surface area (Å²) in [6, 6.07) is 12.3. The Morgan fingerprint density at radius 2 is 1.96 bits per heavy atom. The Morgan fingerprint density at radius 1 is 1.18 bits per heavy atom. The molecule has 0 spiro atoms. The first-order chi connectivity index (χ1) is 13.4. The Kier molecular flexibility index (Phi) is 4.11. The van der Waals surface area contributed by atoms with Crippen molar-refractivity contribution in [1.29, 1.82) is 0 Å². The smallest absolute Gasteiger partial charge is 0.309 e. The highest BCUT2D eigenvalue weighted by atomic mass is 19.1. The molecule has 0 amide bonds. The molecule has 0 saturated carbocycles. The van der Waals surface area contributed by atoms with Crippen LogP contribution in [0.3, 0.4) is 0 Å². The van der Waals surface area contributed by atoms with Crippen molar-refractivity contribution in [3.8, 4) is 11.1 Å². The maximum Gasteiger partial charge on any atom is 0.309 e. The van der Waals surface area contributed by atoms with E-state index in [9.17, 15) is 19.3 Å². The van der Waals surface area contributed by atoms with Crippen molar-refractivity contribution in [3.63, 3.8) is 0 Å². The topological polar surface area (TPSA) is 120 Å². The number of hydrogen-bond acceptors (Lipinski definition) is 5. The number of H-pyrrole nitrogens is 1. The van der Waals surface area contributed by atoms with Crippen LogP contribution in [-0.2, 0) is 6.54 Å². The van der Waals surface area contributed by atoms with Gasteiger partial charge in [0.05, 0.1) is 22.5 Å². The zero-order chi connectivity index (χ0) is 19.8. The standard InChI is InChI=1S/C19H14FN5O3/c20-15-3-1-2-13(18(15)25(27)28)10-24-9-12(5-7-17(24)26)11-4-6-14-16(8-11)22-23-19(14)21/h1-9H,10H2,(H3,21,22,23). The molecule has 0 unspecified atom stereocenters. The Morgan fingerprint density at radius 3 is 2.75 bits per heavy atom. The van der Waals surface area contributed by atoms with E-state index in [0.29, 0.717) is 11.4 Å². The van der Waals surface area contributed by atoms with Gasteiger partial charge in [-0.25, -0.2) is 0 Å². The normalized spacial score (nSPS) is 11.0. The first-order valence-corrected chi connectivity index (χ1v) is 8.30. The number of hydrogen-bond donors (Lipinski definition) is 2. The fraction of sp³-hybridized carbons (Fsp3) is 0.0526. The average molecular weight is 379 g/mol. The predicted molar refractivity (Wildman–Crippen MR) is 102 cm³/mol. The van der Waals surface area contributed by atoms with Crippen LogP contribution < -0.4 is 11.3 Å². The van der Waals surface area contributed by atoms with Gasteiger partial charge < -0.3 is 10.3 Å². The van der Waals surface area contributed by atoms with Crippen LogP contribution in [0.25, 0.3) is 22.0 Å². The lowest BCUT2D eigenvalue weighted by Crippen LogP contribution is -2.19. The number of nitrogen functional groups attached to an aromatic ring is 1. The highest BCUT2D eigenvalue weighted by Gasteiger charge is 2.20. The molecule has 0 fully saturated rings. The number of aromatic amines is 1. The molecule has 3 N–H and O–H groups in total. The molecule has 0 radical (unpaired) electrons. The number of aromatic nitrogens is 3. The number of nitro benzene ring substituents is 1. The first kappa shape index (κ1) is 17.4. The van der Waals surface area contributed by atoms with Gasteiger partial charge in [0.15, 0.2) is 5.82 Å². The molecule has 0 aliphatic carbocycles. The summed E-state index contributed by atoms with van der Waals surface area (Å²) in [7, 11) is 0. The summed E-state index contributed by atoms with van der Waals surface area (Å²) >= 11 is 0. The van der Waals surface area contributed by atoms with Gasteiger partial charge in [0.1, 0.15) is 0 Å². The molecule has 0 aliphatic rings. The number of para-hydroxylation sites is 1. The van der Waals surface area contributed by atoms with Gasteiger partial charge in [-0.1, -0.05) is 18.2 Å². The summed E-state index contributed by atoms with van der Waals surface area (Å²) in [5, 5.41) is 18.8. The number of rotatable bonds is 4. The summed E-state index contributed by atoms with van der Waals surface area (Å²) in [5.74, 6) is -0.543. The van der Waals surface area contributed by atoms with Crippen LogP contribution in [0, 0.1) is 15.9 Å². The quantitative estimate of drug-likeness (QED) is 0.417. The van der Waals surface area contributed by atoms with E-state index in [0.717, 1.165) is 22.5 Å². The maximum atomic E-state index is 13.9. The van der Waals surface area contributed by atoms with E-state index in [4.69, 9.17) is 5.73 Å². The van der Waals surface area contributed by atoms with Gasteiger partial charge in [-0.05, 0) is 35.4 Å². The second-order valence-corrected chi connectivity index (χ2v) is 6.26. The lowest BCUT2D eigenvalue weighted by Gasteiger charge is -2.10. The SMILES string of the molecule is Nc1n[nH]c2cc(-c3ccc(=O)n(Cc4cccc(F)c4[N+](=O)[O-])c3)ccc12. The molecule has 2 heterocycles. The number of fused-ring (bicyclic) bond motifs is 1. The molecule has 0 atom stereocenters. The lowest BCUT2D eigenvalue weighted by atomic mass is 10.1. The van der Waals surface area contributed by atoms with Crippen molar-refractivity contribution in [3.05, 3.63) is 86.6 Å². The number of nitrogens with two attached hydrogens (primary N) is 1. The fourth-order valence-electron chi connectivity index (χ4n) is 3.12. The summed E-state index contributed by atoms with van der Waals surface area (Å²) in [6.45, 7) is -0.125. The van der Waals surface area contributed by atoms with Gasteiger partial charge in [-0.2, -0.15) is 9.49 Å². The molecule has 0 saturated heterocycles. The van der Waals surface area contributed by atoms with Crippen molar-refractivity contribution >= 4 is 22.4 Å². The summed E-state index contributed by atoms with van der Waals surface area (Å²) in [5.41, 5.74) is 7.17. The van der Waals surface area contributed by atoms with Crippen LogP contribution in [0.2, 0.25) is 0 Å². The molecular weight excluding hydrogens is 365 g/mol. The van der Waals surface area contributed by atoms with E-state index in [1.165, 1.54) is 22.8 Å². The van der Waals surface area contributed by atoms with E-state index in [1.54, 1.807) is 12.3 Å². The van der Waals surface area contributed by atoms with Crippen molar-refractivity contribution in [1.82, 2.24) is 14.8 Å².